The maximum atomic E-state index is 12.3. The minimum Gasteiger partial charge on any atom is -0.489 e. The first-order valence-corrected chi connectivity index (χ1v) is 9.70. The number of amides is 1. The summed E-state index contributed by atoms with van der Waals surface area (Å²) < 4.78 is 11.5. The number of pyridine rings is 1. The Morgan fingerprint density at radius 3 is 2.62 bits per heavy atom. The fraction of sp³-hybridized carbons (Fsp3) is 0.217. The number of aryl methyl sites for hydroxylation is 1. The van der Waals surface area contributed by atoms with Crippen molar-refractivity contribution in [1.29, 1.82) is 0 Å². The summed E-state index contributed by atoms with van der Waals surface area (Å²) in [6.07, 6.45) is 2.89. The molecule has 29 heavy (non-hydrogen) atoms. The van der Waals surface area contributed by atoms with Crippen LogP contribution in [0.5, 0.6) is 11.5 Å². The Kier molecular flexibility index (Phi) is 7.09. The Labute approximate surface area is 175 Å². The minimum atomic E-state index is -0.614. The third-order valence-corrected chi connectivity index (χ3v) is 4.56. The molecule has 0 radical (unpaired) electrons. The molecule has 1 aromatic heterocycles. The van der Waals surface area contributed by atoms with Crippen LogP contribution in [0.25, 0.3) is 0 Å². The van der Waals surface area contributed by atoms with Gasteiger partial charge in [0.15, 0.2) is 6.10 Å². The number of halogens is 1. The zero-order valence-corrected chi connectivity index (χ0v) is 17.1. The van der Waals surface area contributed by atoms with E-state index in [0.29, 0.717) is 23.9 Å². The van der Waals surface area contributed by atoms with Crippen molar-refractivity contribution in [2.24, 2.45) is 0 Å². The molecule has 1 unspecified atom stereocenters. The maximum Gasteiger partial charge on any atom is 0.261 e. The second-order valence-corrected chi connectivity index (χ2v) is 7.12. The molecule has 0 saturated carbocycles. The summed E-state index contributed by atoms with van der Waals surface area (Å²) in [7, 11) is 0. The summed E-state index contributed by atoms with van der Waals surface area (Å²) >= 11 is 5.95. The summed E-state index contributed by atoms with van der Waals surface area (Å²) in [6.45, 7) is 4.49. The van der Waals surface area contributed by atoms with Gasteiger partial charge in [0.25, 0.3) is 5.91 Å². The molecule has 1 amide bonds. The molecule has 3 aromatic rings. The largest absolute Gasteiger partial charge is 0.489 e. The molecule has 0 saturated heterocycles. The first kappa shape index (κ1) is 20.7. The van der Waals surface area contributed by atoms with Crippen molar-refractivity contribution < 1.29 is 14.3 Å². The van der Waals surface area contributed by atoms with Crippen LogP contribution >= 0.6 is 11.6 Å². The molecule has 0 bridgehead atoms. The molecule has 1 N–H and O–H groups in total. The number of hydrogen-bond donors (Lipinski definition) is 1. The molecular weight excluding hydrogens is 388 g/mol. The number of hydrogen-bond acceptors (Lipinski definition) is 4. The Morgan fingerprint density at radius 2 is 1.93 bits per heavy atom. The predicted octanol–water partition coefficient (Wildman–Crippen LogP) is 4.71. The highest BCUT2D eigenvalue weighted by molar-refractivity contribution is 6.30. The van der Waals surface area contributed by atoms with Crippen LogP contribution in [-0.4, -0.2) is 17.0 Å². The molecule has 2 aromatic carbocycles. The zero-order chi connectivity index (χ0) is 20.6. The van der Waals surface area contributed by atoms with Gasteiger partial charge in [0.05, 0.1) is 0 Å². The average molecular weight is 411 g/mol. The fourth-order valence-electron chi connectivity index (χ4n) is 2.68. The minimum absolute atomic E-state index is 0.184. The van der Waals surface area contributed by atoms with Gasteiger partial charge < -0.3 is 14.8 Å². The highest BCUT2D eigenvalue weighted by Crippen LogP contribution is 2.23. The Bertz CT molecular complexity index is 946. The highest BCUT2D eigenvalue weighted by Gasteiger charge is 2.15. The van der Waals surface area contributed by atoms with E-state index in [1.807, 2.05) is 43.3 Å². The molecule has 150 valence electrons. The van der Waals surface area contributed by atoms with E-state index >= 15 is 0 Å². The van der Waals surface area contributed by atoms with E-state index in [1.54, 1.807) is 37.5 Å². The van der Waals surface area contributed by atoms with Crippen molar-refractivity contribution in [2.75, 3.05) is 0 Å². The lowest BCUT2D eigenvalue weighted by Gasteiger charge is -2.16. The number of carbonyl (C=O) groups excluding carboxylic acids is 1. The van der Waals surface area contributed by atoms with Gasteiger partial charge >= 0.3 is 0 Å². The lowest BCUT2D eigenvalue weighted by atomic mass is 10.2. The molecule has 6 heteroatoms. The molecular formula is C23H23ClN2O3. The van der Waals surface area contributed by atoms with Gasteiger partial charge in [-0.3, -0.25) is 9.78 Å². The number of ether oxygens (including phenoxy) is 2. The fourth-order valence-corrected chi connectivity index (χ4v) is 2.90. The molecule has 0 spiro atoms. The van der Waals surface area contributed by atoms with Crippen LogP contribution in [0.1, 0.15) is 23.6 Å². The average Bonchev–Trinajstić information content (AvgIpc) is 2.74. The molecule has 0 fully saturated rings. The van der Waals surface area contributed by atoms with E-state index in [1.165, 1.54) is 0 Å². The van der Waals surface area contributed by atoms with Gasteiger partial charge in [-0.25, -0.2) is 0 Å². The Balaban J connectivity index is 1.46. The predicted molar refractivity (Wildman–Crippen MR) is 113 cm³/mol. The number of nitrogens with zero attached hydrogens (tertiary/aromatic N) is 1. The van der Waals surface area contributed by atoms with E-state index in [9.17, 15) is 4.79 Å². The summed E-state index contributed by atoms with van der Waals surface area (Å²) in [5.74, 6) is 1.22. The van der Waals surface area contributed by atoms with Crippen molar-refractivity contribution in [1.82, 2.24) is 10.3 Å². The smallest absolute Gasteiger partial charge is 0.261 e. The Hall–Kier alpha value is -3.05. The maximum absolute atomic E-state index is 12.3. The standard InChI is InChI=1S/C23H23ClN2O3/c1-16-12-20(24)7-10-22(16)29-17(2)23(27)26-14-18-5-8-21(9-6-18)28-15-19-4-3-11-25-13-19/h3-13,17H,14-15H2,1-2H3,(H,26,27). The van der Waals surface area contributed by atoms with Crippen LogP contribution in [0, 0.1) is 6.92 Å². The van der Waals surface area contributed by atoms with Gasteiger partial charge in [-0.2, -0.15) is 0 Å². The summed E-state index contributed by atoms with van der Waals surface area (Å²) in [6, 6.07) is 16.8. The molecule has 0 aliphatic carbocycles. The van der Waals surface area contributed by atoms with E-state index in [2.05, 4.69) is 10.3 Å². The van der Waals surface area contributed by atoms with Crippen LogP contribution < -0.4 is 14.8 Å². The first-order chi connectivity index (χ1) is 14.0. The van der Waals surface area contributed by atoms with Gasteiger partial charge in [-0.05, 0) is 61.4 Å². The summed E-state index contributed by atoms with van der Waals surface area (Å²) in [5.41, 5.74) is 2.87. The molecule has 1 heterocycles. The number of aromatic nitrogens is 1. The van der Waals surface area contributed by atoms with Crippen LogP contribution in [0.4, 0.5) is 0 Å². The SMILES string of the molecule is Cc1cc(Cl)ccc1OC(C)C(=O)NCc1ccc(OCc2cccnc2)cc1. The summed E-state index contributed by atoms with van der Waals surface area (Å²) in [5, 5.41) is 3.53. The molecule has 1 atom stereocenters. The Morgan fingerprint density at radius 1 is 1.14 bits per heavy atom. The van der Waals surface area contributed by atoms with Crippen molar-refractivity contribution in [3.63, 3.8) is 0 Å². The van der Waals surface area contributed by atoms with Gasteiger partial charge in [-0.1, -0.05) is 29.8 Å². The van der Waals surface area contributed by atoms with Crippen LogP contribution in [0.2, 0.25) is 5.02 Å². The highest BCUT2D eigenvalue weighted by atomic mass is 35.5. The van der Waals surface area contributed by atoms with Gasteiger partial charge in [-0.15, -0.1) is 0 Å². The zero-order valence-electron chi connectivity index (χ0n) is 16.4. The lowest BCUT2D eigenvalue weighted by molar-refractivity contribution is -0.127. The van der Waals surface area contributed by atoms with Gasteiger partial charge in [0, 0.05) is 29.5 Å². The quantitative estimate of drug-likeness (QED) is 0.584. The van der Waals surface area contributed by atoms with Crippen LogP contribution in [-0.2, 0) is 17.9 Å². The van der Waals surface area contributed by atoms with Crippen molar-refractivity contribution in [3.8, 4) is 11.5 Å². The van der Waals surface area contributed by atoms with Crippen molar-refractivity contribution >= 4 is 17.5 Å². The topological polar surface area (TPSA) is 60.5 Å². The van der Waals surface area contributed by atoms with Gasteiger partial charge in [0.1, 0.15) is 18.1 Å². The van der Waals surface area contributed by atoms with Crippen molar-refractivity contribution in [2.45, 2.75) is 33.1 Å². The number of carbonyl (C=O) groups is 1. The second-order valence-electron chi connectivity index (χ2n) is 6.68. The monoisotopic (exact) mass is 410 g/mol. The summed E-state index contributed by atoms with van der Waals surface area (Å²) in [4.78, 5) is 16.4. The van der Waals surface area contributed by atoms with Crippen LogP contribution in [0.15, 0.2) is 67.0 Å². The lowest BCUT2D eigenvalue weighted by Crippen LogP contribution is -2.36. The van der Waals surface area contributed by atoms with E-state index in [0.717, 1.165) is 22.4 Å². The van der Waals surface area contributed by atoms with E-state index < -0.39 is 6.10 Å². The molecule has 3 rings (SSSR count). The van der Waals surface area contributed by atoms with Crippen LogP contribution in [0.3, 0.4) is 0 Å². The second kappa shape index (κ2) is 9.94. The van der Waals surface area contributed by atoms with E-state index in [-0.39, 0.29) is 5.91 Å². The number of benzene rings is 2. The normalized spacial score (nSPS) is 11.6. The molecule has 0 aliphatic heterocycles. The number of nitrogens with one attached hydrogen (secondary N) is 1. The molecule has 5 nitrogen and oxygen atoms in total. The first-order valence-electron chi connectivity index (χ1n) is 9.32. The van der Waals surface area contributed by atoms with Gasteiger partial charge in [0.2, 0.25) is 0 Å². The third kappa shape index (κ3) is 6.22. The van der Waals surface area contributed by atoms with E-state index in [4.69, 9.17) is 21.1 Å². The number of rotatable bonds is 8. The third-order valence-electron chi connectivity index (χ3n) is 4.33. The molecule has 0 aliphatic rings. The van der Waals surface area contributed by atoms with Crippen molar-refractivity contribution in [3.05, 3.63) is 88.7 Å².